The van der Waals surface area contributed by atoms with Crippen molar-refractivity contribution in [3.63, 3.8) is 0 Å². The summed E-state index contributed by atoms with van der Waals surface area (Å²) in [7, 11) is 5.84. The molecule has 1 aromatic rings. The molecule has 2 bridgehead atoms. The van der Waals surface area contributed by atoms with Crippen LogP contribution >= 0.6 is 0 Å². The second-order valence-electron chi connectivity index (χ2n) is 6.37. The molecule has 4 unspecified atom stereocenters. The minimum atomic E-state index is 0.147. The lowest BCUT2D eigenvalue weighted by Crippen LogP contribution is -2.46. The molecule has 0 radical (unpaired) electrons. The van der Waals surface area contributed by atoms with Gasteiger partial charge in [-0.05, 0) is 57.3 Å². The second-order valence-corrected chi connectivity index (χ2v) is 6.37. The molecule has 0 N–H and O–H groups in total. The van der Waals surface area contributed by atoms with Crippen LogP contribution in [-0.4, -0.2) is 44.5 Å². The van der Waals surface area contributed by atoms with Crippen LogP contribution in [-0.2, 0) is 0 Å². The quantitative estimate of drug-likeness (QED) is 0.781. The standard InChI is InChI=1S/C17H23NO3/c1-18(2)15-11-7-8-12(9-11)17(15)21-16-13(10-19)5-4-6-14(16)20-3/h4-6,10-12,15,17H,7-9H2,1-3H3. The average molecular weight is 289 g/mol. The molecule has 2 aliphatic carbocycles. The predicted octanol–water partition coefficient (Wildman–Crippen LogP) is 2.62. The summed E-state index contributed by atoms with van der Waals surface area (Å²) in [6.07, 6.45) is 4.74. The topological polar surface area (TPSA) is 38.8 Å². The molecule has 1 aromatic carbocycles. The van der Waals surface area contributed by atoms with Crippen LogP contribution in [0.1, 0.15) is 29.6 Å². The number of likely N-dealkylation sites (N-methyl/N-ethyl adjacent to an activating group) is 1. The van der Waals surface area contributed by atoms with Crippen LogP contribution in [0.4, 0.5) is 0 Å². The summed E-state index contributed by atoms with van der Waals surface area (Å²) in [4.78, 5) is 13.6. The van der Waals surface area contributed by atoms with Crippen molar-refractivity contribution in [3.05, 3.63) is 23.8 Å². The molecule has 0 aromatic heterocycles. The first-order valence-corrected chi connectivity index (χ1v) is 7.61. The highest BCUT2D eigenvalue weighted by atomic mass is 16.5. The molecule has 2 aliphatic rings. The number of nitrogens with zero attached hydrogens (tertiary/aromatic N) is 1. The number of hydrogen-bond acceptors (Lipinski definition) is 4. The number of carbonyl (C=O) groups excluding carboxylic acids is 1. The number of benzene rings is 1. The second kappa shape index (κ2) is 5.68. The molecule has 4 nitrogen and oxygen atoms in total. The summed E-state index contributed by atoms with van der Waals surface area (Å²) in [6.45, 7) is 0. The normalized spacial score (nSPS) is 30.7. The molecule has 4 atom stereocenters. The summed E-state index contributed by atoms with van der Waals surface area (Å²) in [6, 6.07) is 5.87. The summed E-state index contributed by atoms with van der Waals surface area (Å²) in [5, 5.41) is 0. The van der Waals surface area contributed by atoms with Gasteiger partial charge in [-0.15, -0.1) is 0 Å². The van der Waals surface area contributed by atoms with Crippen molar-refractivity contribution < 1.29 is 14.3 Å². The maximum absolute atomic E-state index is 11.3. The SMILES string of the molecule is COc1cccc(C=O)c1OC1C2CCC(C2)C1N(C)C. The largest absolute Gasteiger partial charge is 0.493 e. The van der Waals surface area contributed by atoms with E-state index in [0.29, 0.717) is 34.9 Å². The molecule has 4 heteroatoms. The lowest BCUT2D eigenvalue weighted by molar-refractivity contribution is 0.0511. The predicted molar refractivity (Wildman–Crippen MR) is 81.1 cm³/mol. The summed E-state index contributed by atoms with van der Waals surface area (Å²) >= 11 is 0. The first kappa shape index (κ1) is 14.4. The van der Waals surface area contributed by atoms with Gasteiger partial charge in [0, 0.05) is 6.04 Å². The Labute approximate surface area is 126 Å². The van der Waals surface area contributed by atoms with Gasteiger partial charge in [0.25, 0.3) is 0 Å². The number of hydrogen-bond donors (Lipinski definition) is 0. The zero-order valence-electron chi connectivity index (χ0n) is 12.9. The van der Waals surface area contributed by atoms with Crippen LogP contribution in [0.2, 0.25) is 0 Å². The van der Waals surface area contributed by atoms with Crippen LogP contribution in [0.3, 0.4) is 0 Å². The van der Waals surface area contributed by atoms with E-state index in [0.717, 1.165) is 6.29 Å². The van der Waals surface area contributed by atoms with E-state index < -0.39 is 0 Å². The minimum Gasteiger partial charge on any atom is -0.493 e. The van der Waals surface area contributed by atoms with Gasteiger partial charge in [0.2, 0.25) is 0 Å². The lowest BCUT2D eigenvalue weighted by atomic mass is 9.91. The van der Waals surface area contributed by atoms with Crippen LogP contribution in [0, 0.1) is 11.8 Å². The highest BCUT2D eigenvalue weighted by Gasteiger charge is 2.50. The van der Waals surface area contributed by atoms with Crippen molar-refractivity contribution in [2.45, 2.75) is 31.4 Å². The number of methoxy groups -OCH3 is 1. The molecular formula is C17H23NO3. The zero-order chi connectivity index (χ0) is 15.0. The third kappa shape index (κ3) is 2.42. The highest BCUT2D eigenvalue weighted by molar-refractivity contribution is 5.81. The molecule has 0 amide bonds. The Balaban J connectivity index is 1.91. The van der Waals surface area contributed by atoms with E-state index in [2.05, 4.69) is 19.0 Å². The Kier molecular flexibility index (Phi) is 3.89. The molecule has 114 valence electrons. The monoisotopic (exact) mass is 289 g/mol. The van der Waals surface area contributed by atoms with Gasteiger partial charge in [-0.3, -0.25) is 4.79 Å². The smallest absolute Gasteiger partial charge is 0.172 e. The molecule has 2 fully saturated rings. The number of carbonyl (C=O) groups is 1. The van der Waals surface area contributed by atoms with E-state index in [1.165, 1.54) is 19.3 Å². The number of ether oxygens (including phenoxy) is 2. The van der Waals surface area contributed by atoms with Gasteiger partial charge in [-0.25, -0.2) is 0 Å². The molecule has 0 saturated heterocycles. The van der Waals surface area contributed by atoms with Crippen molar-refractivity contribution >= 4 is 6.29 Å². The lowest BCUT2D eigenvalue weighted by Gasteiger charge is -2.36. The van der Waals surface area contributed by atoms with Crippen molar-refractivity contribution in [3.8, 4) is 11.5 Å². The van der Waals surface area contributed by atoms with Crippen LogP contribution in [0.15, 0.2) is 18.2 Å². The highest BCUT2D eigenvalue weighted by Crippen LogP contribution is 2.48. The fraction of sp³-hybridized carbons (Fsp3) is 0.588. The maximum atomic E-state index is 11.3. The van der Waals surface area contributed by atoms with Gasteiger partial charge in [-0.1, -0.05) is 6.07 Å². The van der Waals surface area contributed by atoms with Gasteiger partial charge in [0.1, 0.15) is 6.10 Å². The fourth-order valence-electron chi connectivity index (χ4n) is 4.14. The zero-order valence-corrected chi connectivity index (χ0v) is 12.9. The average Bonchev–Trinajstić information content (AvgIpc) is 3.08. The van der Waals surface area contributed by atoms with Crippen molar-refractivity contribution in [1.82, 2.24) is 4.90 Å². The maximum Gasteiger partial charge on any atom is 0.172 e. The minimum absolute atomic E-state index is 0.147. The molecule has 0 aliphatic heterocycles. The van der Waals surface area contributed by atoms with E-state index in [1.807, 2.05) is 12.1 Å². The van der Waals surface area contributed by atoms with E-state index in [9.17, 15) is 4.79 Å². The first-order chi connectivity index (χ1) is 10.2. The summed E-state index contributed by atoms with van der Waals surface area (Å²) < 4.78 is 11.7. The van der Waals surface area contributed by atoms with Crippen molar-refractivity contribution in [2.75, 3.05) is 21.2 Å². The Bertz CT molecular complexity index is 529. The molecule has 0 spiro atoms. The first-order valence-electron chi connectivity index (χ1n) is 7.61. The summed E-state index contributed by atoms with van der Waals surface area (Å²) in [5.41, 5.74) is 0.564. The van der Waals surface area contributed by atoms with Crippen LogP contribution in [0.5, 0.6) is 11.5 Å². The van der Waals surface area contributed by atoms with Gasteiger partial charge in [-0.2, -0.15) is 0 Å². The van der Waals surface area contributed by atoms with Gasteiger partial charge < -0.3 is 14.4 Å². The third-order valence-corrected chi connectivity index (χ3v) is 5.00. The Morgan fingerprint density at radius 3 is 2.67 bits per heavy atom. The van der Waals surface area contributed by atoms with Gasteiger partial charge in [0.15, 0.2) is 17.8 Å². The molecule has 0 heterocycles. The van der Waals surface area contributed by atoms with Crippen molar-refractivity contribution in [1.29, 1.82) is 0 Å². The van der Waals surface area contributed by atoms with Crippen LogP contribution in [0.25, 0.3) is 0 Å². The van der Waals surface area contributed by atoms with E-state index >= 15 is 0 Å². The third-order valence-electron chi connectivity index (χ3n) is 5.00. The van der Waals surface area contributed by atoms with Crippen molar-refractivity contribution in [2.24, 2.45) is 11.8 Å². The van der Waals surface area contributed by atoms with E-state index in [-0.39, 0.29) is 6.10 Å². The molecule has 3 rings (SSSR count). The number of rotatable bonds is 5. The number of para-hydroxylation sites is 1. The van der Waals surface area contributed by atoms with Gasteiger partial charge >= 0.3 is 0 Å². The van der Waals surface area contributed by atoms with Gasteiger partial charge in [0.05, 0.1) is 12.7 Å². The summed E-state index contributed by atoms with van der Waals surface area (Å²) in [5.74, 6) is 2.54. The number of aldehydes is 1. The Morgan fingerprint density at radius 2 is 2.00 bits per heavy atom. The Hall–Kier alpha value is -1.55. The van der Waals surface area contributed by atoms with Crippen LogP contribution < -0.4 is 9.47 Å². The van der Waals surface area contributed by atoms with E-state index in [4.69, 9.17) is 9.47 Å². The molecule has 21 heavy (non-hydrogen) atoms. The molecular weight excluding hydrogens is 266 g/mol. The Morgan fingerprint density at radius 1 is 1.24 bits per heavy atom. The van der Waals surface area contributed by atoms with E-state index in [1.54, 1.807) is 13.2 Å². The fourth-order valence-corrected chi connectivity index (χ4v) is 4.14. The molecule has 2 saturated carbocycles. The number of fused-ring (bicyclic) bond motifs is 2.